The smallest absolute Gasteiger partial charge is 0.303 e. The van der Waals surface area contributed by atoms with Crippen molar-refractivity contribution in [3.8, 4) is 28.4 Å². The van der Waals surface area contributed by atoms with Gasteiger partial charge in [-0.1, -0.05) is 36.4 Å². The first-order valence-corrected chi connectivity index (χ1v) is 11.0. The summed E-state index contributed by atoms with van der Waals surface area (Å²) < 4.78 is 39.8. The van der Waals surface area contributed by atoms with E-state index >= 15 is 0 Å². The number of hydrogen-bond donors (Lipinski definition) is 0. The van der Waals surface area contributed by atoms with E-state index in [1.165, 1.54) is 6.92 Å². The summed E-state index contributed by atoms with van der Waals surface area (Å²) in [6, 6.07) is 17.7. The van der Waals surface area contributed by atoms with Crippen LogP contribution in [0.1, 0.15) is 6.92 Å². The maximum absolute atomic E-state index is 11.8. The normalized spacial score (nSPS) is 23.6. The molecule has 34 heavy (non-hydrogen) atoms. The Morgan fingerprint density at radius 1 is 0.912 bits per heavy atom. The van der Waals surface area contributed by atoms with Gasteiger partial charge in [-0.15, -0.1) is 0 Å². The van der Waals surface area contributed by atoms with Gasteiger partial charge in [0, 0.05) is 26.5 Å². The molecule has 0 saturated carbocycles. The second-order valence-electron chi connectivity index (χ2n) is 8.09. The van der Waals surface area contributed by atoms with Crippen molar-refractivity contribution in [1.29, 1.82) is 0 Å². The molecule has 0 spiro atoms. The van der Waals surface area contributed by atoms with Gasteiger partial charge >= 0.3 is 5.97 Å². The topological polar surface area (TPSA) is 81.7 Å². The van der Waals surface area contributed by atoms with E-state index in [4.69, 9.17) is 33.2 Å². The lowest BCUT2D eigenvalue weighted by atomic mass is 9.97. The third-order valence-corrected chi connectivity index (χ3v) is 6.07. The number of carbonyl (C=O) groups is 1. The molecule has 0 aliphatic carbocycles. The Balaban J connectivity index is 1.50. The molecule has 0 amide bonds. The highest BCUT2D eigenvalue weighted by atomic mass is 16.7. The van der Waals surface area contributed by atoms with Crippen LogP contribution in [0.3, 0.4) is 0 Å². The van der Waals surface area contributed by atoms with E-state index < -0.39 is 24.5 Å². The molecular weight excluding hydrogens is 440 g/mol. The third-order valence-electron chi connectivity index (χ3n) is 6.07. The number of carbonyl (C=O) groups excluding carboxylic acids is 1. The van der Waals surface area contributed by atoms with Gasteiger partial charge in [0.1, 0.15) is 18.0 Å². The fourth-order valence-electron chi connectivity index (χ4n) is 4.46. The van der Waals surface area contributed by atoms with Crippen LogP contribution in [0.25, 0.3) is 21.9 Å². The van der Waals surface area contributed by atoms with Gasteiger partial charge in [0.2, 0.25) is 13.1 Å². The van der Waals surface area contributed by atoms with Crippen LogP contribution in [0, 0.1) is 0 Å². The van der Waals surface area contributed by atoms with Crippen LogP contribution >= 0.6 is 0 Å². The van der Waals surface area contributed by atoms with Crippen LogP contribution in [-0.2, 0) is 23.7 Å². The van der Waals surface area contributed by atoms with Gasteiger partial charge in [0.15, 0.2) is 17.6 Å². The summed E-state index contributed by atoms with van der Waals surface area (Å²) in [5.41, 5.74) is 2.03. The predicted octanol–water partition coefficient (Wildman–Crippen LogP) is 3.93. The third kappa shape index (κ3) is 4.16. The van der Waals surface area contributed by atoms with Gasteiger partial charge in [0.25, 0.3) is 0 Å². The van der Waals surface area contributed by atoms with Crippen LogP contribution in [0.5, 0.6) is 17.2 Å². The van der Waals surface area contributed by atoms with Crippen molar-refractivity contribution in [2.45, 2.75) is 31.5 Å². The lowest BCUT2D eigenvalue weighted by molar-refractivity contribution is -0.259. The molecule has 8 heteroatoms. The lowest BCUT2D eigenvalue weighted by Gasteiger charge is -2.40. The van der Waals surface area contributed by atoms with Crippen LogP contribution in [-0.4, -0.2) is 58.2 Å². The van der Waals surface area contributed by atoms with Crippen LogP contribution in [0.15, 0.2) is 54.6 Å². The standard InChI is InChI=1S/C26H26O8/c1-15(27)33-25-24(29-3)23(28-2)13-30-26(25)34-20-11-9-17(18-6-4-5-7-19(18)20)16-8-10-21-22(12-16)32-14-31-21/h4-12,23-26H,13-14H2,1-3H3/t23-,24-,25-,26?/m1/s1. The summed E-state index contributed by atoms with van der Waals surface area (Å²) in [7, 11) is 3.11. The molecule has 1 unspecified atom stereocenters. The number of esters is 1. The minimum Gasteiger partial charge on any atom is -0.460 e. The predicted molar refractivity (Wildman–Crippen MR) is 123 cm³/mol. The zero-order chi connectivity index (χ0) is 23.7. The fraction of sp³-hybridized carbons (Fsp3) is 0.346. The Bertz CT molecular complexity index is 1190. The molecule has 2 aliphatic rings. The molecule has 0 aromatic heterocycles. The number of rotatable bonds is 6. The first-order chi connectivity index (χ1) is 16.6. The molecule has 8 nitrogen and oxygen atoms in total. The van der Waals surface area contributed by atoms with Crippen LogP contribution in [0.4, 0.5) is 0 Å². The van der Waals surface area contributed by atoms with E-state index in [9.17, 15) is 4.79 Å². The van der Waals surface area contributed by atoms with Crippen LogP contribution < -0.4 is 14.2 Å². The number of methoxy groups -OCH3 is 2. The molecule has 0 radical (unpaired) electrons. The molecule has 0 bridgehead atoms. The van der Waals surface area contributed by atoms with Gasteiger partial charge < -0.3 is 33.2 Å². The molecule has 2 aliphatic heterocycles. The molecule has 3 aromatic carbocycles. The first-order valence-electron chi connectivity index (χ1n) is 11.0. The van der Waals surface area contributed by atoms with Crippen molar-refractivity contribution in [2.75, 3.05) is 27.6 Å². The van der Waals surface area contributed by atoms with Crippen LogP contribution in [0.2, 0.25) is 0 Å². The molecule has 5 rings (SSSR count). The van der Waals surface area contributed by atoms with Gasteiger partial charge in [0.05, 0.1) is 6.61 Å². The van der Waals surface area contributed by atoms with Crippen molar-refractivity contribution >= 4 is 16.7 Å². The number of hydrogen-bond acceptors (Lipinski definition) is 8. The van der Waals surface area contributed by atoms with Crippen molar-refractivity contribution in [2.24, 2.45) is 0 Å². The largest absolute Gasteiger partial charge is 0.460 e. The quantitative estimate of drug-likeness (QED) is 0.506. The van der Waals surface area contributed by atoms with E-state index in [0.717, 1.165) is 33.4 Å². The lowest BCUT2D eigenvalue weighted by Crippen LogP contribution is -2.57. The zero-order valence-corrected chi connectivity index (χ0v) is 19.2. The number of ether oxygens (including phenoxy) is 7. The number of fused-ring (bicyclic) bond motifs is 2. The zero-order valence-electron chi connectivity index (χ0n) is 19.2. The number of benzene rings is 3. The van der Waals surface area contributed by atoms with E-state index in [1.807, 2.05) is 54.6 Å². The molecule has 1 fully saturated rings. The molecular formula is C26H26O8. The van der Waals surface area contributed by atoms with E-state index in [1.54, 1.807) is 14.2 Å². The Kier molecular flexibility index (Phi) is 6.28. The fourth-order valence-corrected chi connectivity index (χ4v) is 4.46. The molecule has 2 heterocycles. The summed E-state index contributed by atoms with van der Waals surface area (Å²) in [5.74, 6) is 1.61. The van der Waals surface area contributed by atoms with Crippen molar-refractivity contribution in [3.63, 3.8) is 0 Å². The average molecular weight is 466 g/mol. The van der Waals surface area contributed by atoms with Gasteiger partial charge in [-0.2, -0.15) is 0 Å². The first kappa shape index (κ1) is 22.5. The Hall–Kier alpha value is -3.33. The molecule has 0 N–H and O–H groups in total. The van der Waals surface area contributed by atoms with E-state index in [2.05, 4.69) is 0 Å². The summed E-state index contributed by atoms with van der Waals surface area (Å²) >= 11 is 0. The monoisotopic (exact) mass is 466 g/mol. The maximum Gasteiger partial charge on any atom is 0.303 e. The highest BCUT2D eigenvalue weighted by Gasteiger charge is 2.45. The molecule has 178 valence electrons. The van der Waals surface area contributed by atoms with E-state index in [-0.39, 0.29) is 19.5 Å². The summed E-state index contributed by atoms with van der Waals surface area (Å²) in [5, 5.41) is 1.89. The summed E-state index contributed by atoms with van der Waals surface area (Å²) in [4.78, 5) is 11.8. The average Bonchev–Trinajstić information content (AvgIpc) is 3.32. The minimum absolute atomic E-state index is 0.226. The Labute approximate surface area is 197 Å². The molecule has 1 saturated heterocycles. The highest BCUT2D eigenvalue weighted by molar-refractivity contribution is 6.00. The molecule has 3 aromatic rings. The maximum atomic E-state index is 11.8. The second kappa shape index (κ2) is 9.50. The Morgan fingerprint density at radius 2 is 1.71 bits per heavy atom. The summed E-state index contributed by atoms with van der Waals surface area (Å²) in [6.45, 7) is 1.81. The van der Waals surface area contributed by atoms with Gasteiger partial charge in [-0.3, -0.25) is 4.79 Å². The van der Waals surface area contributed by atoms with Gasteiger partial charge in [-0.05, 0) is 34.7 Å². The SMILES string of the molecule is CO[C@@H]1[C@H](OC)COC(Oc2ccc(-c3ccc4c(c3)OCO4)c3ccccc23)[C@@H]1OC(C)=O. The van der Waals surface area contributed by atoms with Crippen molar-refractivity contribution in [1.82, 2.24) is 0 Å². The van der Waals surface area contributed by atoms with Crippen molar-refractivity contribution in [3.05, 3.63) is 54.6 Å². The van der Waals surface area contributed by atoms with Crippen molar-refractivity contribution < 1.29 is 38.0 Å². The second-order valence-corrected chi connectivity index (χ2v) is 8.09. The highest BCUT2D eigenvalue weighted by Crippen LogP contribution is 2.40. The van der Waals surface area contributed by atoms with Gasteiger partial charge in [-0.25, -0.2) is 0 Å². The minimum atomic E-state index is -0.861. The summed E-state index contributed by atoms with van der Waals surface area (Å²) in [6.07, 6.45) is -2.58. The Morgan fingerprint density at radius 3 is 2.47 bits per heavy atom. The van der Waals surface area contributed by atoms with E-state index in [0.29, 0.717) is 5.75 Å². The molecule has 4 atom stereocenters.